The number of benzene rings is 1. The van der Waals surface area contributed by atoms with Gasteiger partial charge in [0.2, 0.25) is 5.91 Å². The highest BCUT2D eigenvalue weighted by Crippen LogP contribution is 2.48. The van der Waals surface area contributed by atoms with Crippen LogP contribution in [0.2, 0.25) is 0 Å². The average Bonchev–Trinajstić information content (AvgIpc) is 3.06. The number of hydrogen-bond acceptors (Lipinski definition) is 3. The summed E-state index contributed by atoms with van der Waals surface area (Å²) in [7, 11) is 1.61. The first-order valence-electron chi connectivity index (χ1n) is 7.69. The number of carbonyl (C=O) groups excluding carboxylic acids is 1. The van der Waals surface area contributed by atoms with Crippen LogP contribution < -0.4 is 4.74 Å². The molecule has 0 spiro atoms. The third-order valence-corrected chi connectivity index (χ3v) is 5.16. The van der Waals surface area contributed by atoms with Crippen LogP contribution in [0.25, 0.3) is 0 Å². The number of ether oxygens (including phenoxy) is 1. The van der Waals surface area contributed by atoms with Crippen LogP contribution in [0, 0.1) is 11.3 Å². The molecular formula is C17H21NO4. The van der Waals surface area contributed by atoms with Gasteiger partial charge in [0.05, 0.1) is 18.9 Å². The Balaban J connectivity index is 1.67. The number of amides is 1. The van der Waals surface area contributed by atoms with Crippen LogP contribution in [0.15, 0.2) is 24.3 Å². The Kier molecular flexibility index (Phi) is 3.81. The summed E-state index contributed by atoms with van der Waals surface area (Å²) >= 11 is 0. The molecule has 0 unspecified atom stereocenters. The van der Waals surface area contributed by atoms with Crippen molar-refractivity contribution in [2.45, 2.75) is 25.7 Å². The van der Waals surface area contributed by atoms with Gasteiger partial charge in [0.1, 0.15) is 5.75 Å². The highest BCUT2D eigenvalue weighted by molar-refractivity contribution is 5.82. The summed E-state index contributed by atoms with van der Waals surface area (Å²) in [4.78, 5) is 25.9. The molecule has 1 aliphatic heterocycles. The molecule has 1 saturated carbocycles. The second kappa shape index (κ2) is 5.63. The molecule has 118 valence electrons. The second-order valence-corrected chi connectivity index (χ2v) is 6.35. The van der Waals surface area contributed by atoms with Gasteiger partial charge >= 0.3 is 5.97 Å². The maximum absolute atomic E-state index is 12.5. The molecule has 2 atom stereocenters. The van der Waals surface area contributed by atoms with E-state index >= 15 is 0 Å². The third kappa shape index (κ3) is 2.45. The number of aliphatic carboxylic acids is 1. The van der Waals surface area contributed by atoms with E-state index in [2.05, 4.69) is 0 Å². The lowest BCUT2D eigenvalue weighted by Gasteiger charge is -2.23. The zero-order valence-corrected chi connectivity index (χ0v) is 12.7. The molecule has 0 bridgehead atoms. The summed E-state index contributed by atoms with van der Waals surface area (Å²) in [5, 5.41) is 9.57. The fraction of sp³-hybridized carbons (Fsp3) is 0.529. The van der Waals surface area contributed by atoms with Crippen molar-refractivity contribution in [3.63, 3.8) is 0 Å². The SMILES string of the molecule is COc1ccc(CC(=O)N2C[C@@H]3CCC[C@@]3(C(=O)O)C2)cc1. The normalized spacial score (nSPS) is 26.8. The molecule has 22 heavy (non-hydrogen) atoms. The molecule has 0 radical (unpaired) electrons. The Morgan fingerprint density at radius 1 is 1.36 bits per heavy atom. The average molecular weight is 303 g/mol. The molecule has 3 rings (SSSR count). The summed E-state index contributed by atoms with van der Waals surface area (Å²) in [5.74, 6) is 0.150. The number of likely N-dealkylation sites (tertiary alicyclic amines) is 1. The third-order valence-electron chi connectivity index (χ3n) is 5.16. The lowest BCUT2D eigenvalue weighted by Crippen LogP contribution is -2.37. The van der Waals surface area contributed by atoms with Crippen LogP contribution in [0.5, 0.6) is 5.75 Å². The van der Waals surface area contributed by atoms with Crippen LogP contribution in [-0.4, -0.2) is 42.1 Å². The van der Waals surface area contributed by atoms with E-state index in [1.807, 2.05) is 24.3 Å². The molecule has 1 heterocycles. The van der Waals surface area contributed by atoms with Crippen molar-refractivity contribution in [3.05, 3.63) is 29.8 Å². The van der Waals surface area contributed by atoms with E-state index in [0.717, 1.165) is 24.2 Å². The molecule has 2 aliphatic rings. The van der Waals surface area contributed by atoms with Gasteiger partial charge in [-0.1, -0.05) is 18.6 Å². The van der Waals surface area contributed by atoms with Crippen LogP contribution in [0.3, 0.4) is 0 Å². The van der Waals surface area contributed by atoms with E-state index in [9.17, 15) is 14.7 Å². The van der Waals surface area contributed by atoms with Crippen molar-refractivity contribution < 1.29 is 19.4 Å². The predicted molar refractivity (Wildman–Crippen MR) is 80.7 cm³/mol. The van der Waals surface area contributed by atoms with Crippen LogP contribution in [0.1, 0.15) is 24.8 Å². The monoisotopic (exact) mass is 303 g/mol. The first-order chi connectivity index (χ1) is 10.5. The van der Waals surface area contributed by atoms with Crippen LogP contribution in [-0.2, 0) is 16.0 Å². The van der Waals surface area contributed by atoms with E-state index in [4.69, 9.17) is 4.74 Å². The number of carboxylic acid groups (broad SMARTS) is 1. The summed E-state index contributed by atoms with van der Waals surface area (Å²) in [6.07, 6.45) is 2.88. The van der Waals surface area contributed by atoms with Crippen molar-refractivity contribution in [2.24, 2.45) is 11.3 Å². The number of carboxylic acids is 1. The molecule has 5 heteroatoms. The van der Waals surface area contributed by atoms with Gasteiger partial charge in [-0.3, -0.25) is 9.59 Å². The van der Waals surface area contributed by atoms with E-state index in [0.29, 0.717) is 25.9 Å². The minimum absolute atomic E-state index is 0.0141. The van der Waals surface area contributed by atoms with Gasteiger partial charge < -0.3 is 14.7 Å². The second-order valence-electron chi connectivity index (χ2n) is 6.35. The largest absolute Gasteiger partial charge is 0.497 e. The Morgan fingerprint density at radius 3 is 2.68 bits per heavy atom. The number of fused-ring (bicyclic) bond motifs is 1. The number of rotatable bonds is 4. The van der Waals surface area contributed by atoms with Gasteiger partial charge in [0, 0.05) is 13.1 Å². The van der Waals surface area contributed by atoms with Crippen LogP contribution >= 0.6 is 0 Å². The molecule has 2 fully saturated rings. The van der Waals surface area contributed by atoms with Gasteiger partial charge in [-0.15, -0.1) is 0 Å². The molecule has 1 saturated heterocycles. The Bertz CT molecular complexity index is 583. The number of carbonyl (C=O) groups is 2. The summed E-state index contributed by atoms with van der Waals surface area (Å²) in [6.45, 7) is 0.948. The minimum atomic E-state index is -0.741. The first kappa shape index (κ1) is 14.9. The molecule has 5 nitrogen and oxygen atoms in total. The fourth-order valence-electron chi connectivity index (χ4n) is 3.86. The van der Waals surface area contributed by atoms with Crippen molar-refractivity contribution >= 4 is 11.9 Å². The maximum Gasteiger partial charge on any atom is 0.311 e. The minimum Gasteiger partial charge on any atom is -0.497 e. The van der Waals surface area contributed by atoms with E-state index in [1.54, 1.807) is 12.0 Å². The van der Waals surface area contributed by atoms with Gasteiger partial charge in [0.25, 0.3) is 0 Å². The highest BCUT2D eigenvalue weighted by Gasteiger charge is 2.55. The molecular weight excluding hydrogens is 282 g/mol. The lowest BCUT2D eigenvalue weighted by molar-refractivity contribution is -0.149. The smallest absolute Gasteiger partial charge is 0.311 e. The van der Waals surface area contributed by atoms with Gasteiger partial charge in [-0.05, 0) is 36.5 Å². The van der Waals surface area contributed by atoms with Gasteiger partial charge in [0.15, 0.2) is 0 Å². The number of methoxy groups -OCH3 is 1. The summed E-state index contributed by atoms with van der Waals surface area (Å²) in [6, 6.07) is 7.42. The number of hydrogen-bond donors (Lipinski definition) is 1. The summed E-state index contributed by atoms with van der Waals surface area (Å²) < 4.78 is 5.10. The standard InChI is InChI=1S/C17H21NO4/c1-22-14-6-4-12(5-7-14)9-15(19)18-10-13-3-2-8-17(13,11-18)16(20)21/h4-7,13H,2-3,8-11H2,1H3,(H,20,21)/t13-,17+/m0/s1. The van der Waals surface area contributed by atoms with E-state index in [-0.39, 0.29) is 11.8 Å². The first-order valence-corrected chi connectivity index (χ1v) is 7.69. The number of nitrogens with zero attached hydrogens (tertiary/aromatic N) is 1. The maximum atomic E-state index is 12.5. The molecule has 1 amide bonds. The van der Waals surface area contributed by atoms with Crippen LogP contribution in [0.4, 0.5) is 0 Å². The van der Waals surface area contributed by atoms with Gasteiger partial charge in [-0.2, -0.15) is 0 Å². The fourth-order valence-corrected chi connectivity index (χ4v) is 3.86. The Labute approximate surface area is 129 Å². The van der Waals surface area contributed by atoms with Crippen molar-refractivity contribution in [1.29, 1.82) is 0 Å². The Morgan fingerprint density at radius 2 is 2.09 bits per heavy atom. The lowest BCUT2D eigenvalue weighted by atomic mass is 9.81. The molecule has 1 aromatic carbocycles. The van der Waals surface area contributed by atoms with Crippen molar-refractivity contribution in [3.8, 4) is 5.75 Å². The highest BCUT2D eigenvalue weighted by atomic mass is 16.5. The predicted octanol–water partition coefficient (Wildman–Crippen LogP) is 1.95. The van der Waals surface area contributed by atoms with Gasteiger partial charge in [-0.25, -0.2) is 0 Å². The molecule has 1 aromatic rings. The van der Waals surface area contributed by atoms with E-state index < -0.39 is 11.4 Å². The van der Waals surface area contributed by atoms with E-state index in [1.165, 1.54) is 0 Å². The topological polar surface area (TPSA) is 66.8 Å². The molecule has 1 N–H and O–H groups in total. The summed E-state index contributed by atoms with van der Waals surface area (Å²) in [5.41, 5.74) is 0.225. The van der Waals surface area contributed by atoms with Crippen molar-refractivity contribution in [2.75, 3.05) is 20.2 Å². The zero-order chi connectivity index (χ0) is 15.7. The Hall–Kier alpha value is -2.04. The molecule has 0 aromatic heterocycles. The van der Waals surface area contributed by atoms with Crippen molar-refractivity contribution in [1.82, 2.24) is 4.90 Å². The zero-order valence-electron chi connectivity index (χ0n) is 12.7. The quantitative estimate of drug-likeness (QED) is 0.923. The molecule has 1 aliphatic carbocycles.